The smallest absolute Gasteiger partial charge is 0.226 e. The summed E-state index contributed by atoms with van der Waals surface area (Å²) in [6.07, 6.45) is 3.90. The number of thioether (sulfide) groups is 1. The van der Waals surface area contributed by atoms with Crippen LogP contribution in [-0.2, 0) is 12.8 Å². The molecule has 1 aliphatic heterocycles. The van der Waals surface area contributed by atoms with Crippen molar-refractivity contribution in [3.63, 3.8) is 0 Å². The van der Waals surface area contributed by atoms with Crippen LogP contribution in [0.2, 0.25) is 0 Å². The molecule has 0 unspecified atom stereocenters. The lowest BCUT2D eigenvalue weighted by Crippen LogP contribution is -2.12. The van der Waals surface area contributed by atoms with E-state index in [1.54, 1.807) is 0 Å². The predicted molar refractivity (Wildman–Crippen MR) is 58.8 cm³/mol. The minimum Gasteiger partial charge on any atom is -0.396 e. The zero-order chi connectivity index (χ0) is 10.5. The number of aliphatic hydroxyl groups is 1. The van der Waals surface area contributed by atoms with E-state index in [1.165, 1.54) is 24.3 Å². The van der Waals surface area contributed by atoms with Gasteiger partial charge in [-0.25, -0.2) is 0 Å². The maximum Gasteiger partial charge on any atom is 0.226 e. The fourth-order valence-electron chi connectivity index (χ4n) is 1.77. The van der Waals surface area contributed by atoms with Gasteiger partial charge in [0.15, 0.2) is 5.82 Å². The van der Waals surface area contributed by atoms with Crippen LogP contribution in [-0.4, -0.2) is 33.4 Å². The second-order valence-corrected chi connectivity index (χ2v) is 5.06. The normalized spacial score (nSPS) is 18.2. The monoisotopic (exact) mass is 228 g/mol. The van der Waals surface area contributed by atoms with Crippen molar-refractivity contribution in [2.45, 2.75) is 25.7 Å². The standard InChI is InChI=1S/C10H16N2O2S/c13-4-1-9-11-10(14-12-9)7-8-2-5-15-6-3-8/h8,13H,1-7H2. The zero-order valence-corrected chi connectivity index (χ0v) is 9.50. The summed E-state index contributed by atoms with van der Waals surface area (Å²) >= 11 is 2.02. The summed E-state index contributed by atoms with van der Waals surface area (Å²) in [4.78, 5) is 4.25. The van der Waals surface area contributed by atoms with Crippen LogP contribution in [0.3, 0.4) is 0 Å². The maximum absolute atomic E-state index is 8.73. The Morgan fingerprint density at radius 3 is 2.93 bits per heavy atom. The number of hydrogen-bond donors (Lipinski definition) is 1. The highest BCUT2D eigenvalue weighted by molar-refractivity contribution is 7.99. The molecule has 1 aromatic rings. The second-order valence-electron chi connectivity index (χ2n) is 3.84. The van der Waals surface area contributed by atoms with E-state index in [1.807, 2.05) is 11.8 Å². The maximum atomic E-state index is 8.73. The summed E-state index contributed by atoms with van der Waals surface area (Å²) in [5.74, 6) is 4.56. The third kappa shape index (κ3) is 3.21. The molecule has 0 aliphatic carbocycles. The SMILES string of the molecule is OCCc1noc(CC2CCSCC2)n1. The summed E-state index contributed by atoms with van der Waals surface area (Å²) in [6.45, 7) is 0.0824. The van der Waals surface area contributed by atoms with E-state index in [2.05, 4.69) is 10.1 Å². The second kappa shape index (κ2) is 5.51. The van der Waals surface area contributed by atoms with Gasteiger partial charge in [-0.05, 0) is 30.3 Å². The van der Waals surface area contributed by atoms with Gasteiger partial charge in [0, 0.05) is 12.8 Å². The molecule has 0 atom stereocenters. The molecule has 0 amide bonds. The highest BCUT2D eigenvalue weighted by Crippen LogP contribution is 2.25. The Morgan fingerprint density at radius 2 is 2.20 bits per heavy atom. The Morgan fingerprint density at radius 1 is 1.40 bits per heavy atom. The van der Waals surface area contributed by atoms with Crippen molar-refractivity contribution < 1.29 is 9.63 Å². The number of nitrogens with zero attached hydrogens (tertiary/aromatic N) is 2. The van der Waals surface area contributed by atoms with E-state index in [0.29, 0.717) is 18.2 Å². The van der Waals surface area contributed by atoms with Crippen LogP contribution >= 0.6 is 11.8 Å². The fraction of sp³-hybridized carbons (Fsp3) is 0.800. The third-order valence-electron chi connectivity index (χ3n) is 2.65. The lowest BCUT2D eigenvalue weighted by molar-refractivity contribution is 0.292. The first-order valence-corrected chi connectivity index (χ1v) is 6.54. The van der Waals surface area contributed by atoms with E-state index >= 15 is 0 Å². The average molecular weight is 228 g/mol. The van der Waals surface area contributed by atoms with E-state index in [-0.39, 0.29) is 6.61 Å². The van der Waals surface area contributed by atoms with Gasteiger partial charge in [0.25, 0.3) is 0 Å². The lowest BCUT2D eigenvalue weighted by Gasteiger charge is -2.19. The molecule has 0 radical (unpaired) electrons. The molecule has 2 rings (SSSR count). The van der Waals surface area contributed by atoms with E-state index < -0.39 is 0 Å². The molecule has 0 spiro atoms. The van der Waals surface area contributed by atoms with Crippen molar-refractivity contribution in [1.29, 1.82) is 0 Å². The van der Waals surface area contributed by atoms with Crippen LogP contribution in [0.1, 0.15) is 24.6 Å². The van der Waals surface area contributed by atoms with Gasteiger partial charge < -0.3 is 9.63 Å². The number of rotatable bonds is 4. The van der Waals surface area contributed by atoms with Crippen LogP contribution in [0.25, 0.3) is 0 Å². The quantitative estimate of drug-likeness (QED) is 0.841. The molecule has 2 heterocycles. The lowest BCUT2D eigenvalue weighted by atomic mass is 9.99. The van der Waals surface area contributed by atoms with Crippen molar-refractivity contribution in [3.05, 3.63) is 11.7 Å². The van der Waals surface area contributed by atoms with Crippen molar-refractivity contribution in [3.8, 4) is 0 Å². The highest BCUT2D eigenvalue weighted by atomic mass is 32.2. The molecular formula is C10H16N2O2S. The number of aromatic nitrogens is 2. The summed E-state index contributed by atoms with van der Waals surface area (Å²) < 4.78 is 5.14. The molecule has 84 valence electrons. The Hall–Kier alpha value is -0.550. The molecule has 4 nitrogen and oxygen atoms in total. The van der Waals surface area contributed by atoms with Crippen molar-refractivity contribution in [2.75, 3.05) is 18.1 Å². The highest BCUT2D eigenvalue weighted by Gasteiger charge is 2.17. The van der Waals surface area contributed by atoms with E-state index in [0.717, 1.165) is 12.3 Å². The van der Waals surface area contributed by atoms with Crippen LogP contribution in [0, 0.1) is 5.92 Å². The van der Waals surface area contributed by atoms with Crippen LogP contribution in [0.15, 0.2) is 4.52 Å². The van der Waals surface area contributed by atoms with Crippen molar-refractivity contribution in [1.82, 2.24) is 10.1 Å². The Kier molecular flexibility index (Phi) is 4.02. The molecular weight excluding hydrogens is 212 g/mol. The topological polar surface area (TPSA) is 59.2 Å². The first kappa shape index (κ1) is 11.0. The number of hydrogen-bond acceptors (Lipinski definition) is 5. The first-order chi connectivity index (χ1) is 7.38. The van der Waals surface area contributed by atoms with Gasteiger partial charge in [0.1, 0.15) is 0 Å². The summed E-state index contributed by atoms with van der Waals surface area (Å²) in [5.41, 5.74) is 0. The largest absolute Gasteiger partial charge is 0.396 e. The molecule has 0 aromatic carbocycles. The van der Waals surface area contributed by atoms with Gasteiger partial charge >= 0.3 is 0 Å². The van der Waals surface area contributed by atoms with Gasteiger partial charge in [0.05, 0.1) is 6.61 Å². The molecule has 5 heteroatoms. The average Bonchev–Trinajstić information content (AvgIpc) is 2.68. The van der Waals surface area contributed by atoms with Crippen LogP contribution in [0.5, 0.6) is 0 Å². The molecule has 1 aliphatic rings. The molecule has 15 heavy (non-hydrogen) atoms. The summed E-state index contributed by atoms with van der Waals surface area (Å²) in [7, 11) is 0. The molecule has 1 fully saturated rings. The molecule has 0 saturated carbocycles. The fourth-order valence-corrected chi connectivity index (χ4v) is 2.98. The Bertz CT molecular complexity index is 297. The molecule has 1 saturated heterocycles. The van der Waals surface area contributed by atoms with Gasteiger partial charge in [0.2, 0.25) is 5.89 Å². The Labute approximate surface area is 93.4 Å². The van der Waals surface area contributed by atoms with Gasteiger partial charge in [-0.2, -0.15) is 16.7 Å². The summed E-state index contributed by atoms with van der Waals surface area (Å²) in [6, 6.07) is 0. The predicted octanol–water partition coefficient (Wildman–Crippen LogP) is 1.29. The molecule has 1 aromatic heterocycles. The Balaban J connectivity index is 1.86. The van der Waals surface area contributed by atoms with Gasteiger partial charge in [-0.3, -0.25) is 0 Å². The van der Waals surface area contributed by atoms with Crippen LogP contribution < -0.4 is 0 Å². The van der Waals surface area contributed by atoms with Gasteiger partial charge in [-0.15, -0.1) is 0 Å². The third-order valence-corrected chi connectivity index (χ3v) is 3.70. The zero-order valence-electron chi connectivity index (χ0n) is 8.69. The van der Waals surface area contributed by atoms with Crippen molar-refractivity contribution in [2.24, 2.45) is 5.92 Å². The van der Waals surface area contributed by atoms with Crippen molar-refractivity contribution >= 4 is 11.8 Å². The van der Waals surface area contributed by atoms with E-state index in [4.69, 9.17) is 9.63 Å². The first-order valence-electron chi connectivity index (χ1n) is 5.38. The minimum absolute atomic E-state index is 0.0824. The van der Waals surface area contributed by atoms with Gasteiger partial charge in [-0.1, -0.05) is 5.16 Å². The summed E-state index contributed by atoms with van der Waals surface area (Å²) in [5, 5.41) is 12.5. The van der Waals surface area contributed by atoms with Crippen LogP contribution in [0.4, 0.5) is 0 Å². The molecule has 0 bridgehead atoms. The number of aliphatic hydroxyl groups excluding tert-OH is 1. The minimum atomic E-state index is 0.0824. The van der Waals surface area contributed by atoms with E-state index in [9.17, 15) is 0 Å². The molecule has 1 N–H and O–H groups in total.